The van der Waals surface area contributed by atoms with Crippen LogP contribution in [-0.2, 0) is 5.41 Å². The molecule has 4 N–H and O–H groups in total. The van der Waals surface area contributed by atoms with Crippen LogP contribution in [0.5, 0.6) is 11.5 Å². The summed E-state index contributed by atoms with van der Waals surface area (Å²) in [6.45, 7) is 7.59. The number of hydrogen-bond donors (Lipinski definition) is 4. The summed E-state index contributed by atoms with van der Waals surface area (Å²) in [5.41, 5.74) is 4.06. The molecule has 0 bridgehead atoms. The van der Waals surface area contributed by atoms with Gasteiger partial charge in [-0.05, 0) is 51.6 Å². The molecule has 0 saturated heterocycles. The molecule has 0 saturated carbocycles. The Morgan fingerprint density at radius 1 is 0.759 bits per heavy atom. The number of allylic oxidation sites excluding steroid dienone is 2. The highest BCUT2D eigenvalue weighted by Gasteiger charge is 2.46. The molecule has 0 atom stereocenters. The van der Waals surface area contributed by atoms with Gasteiger partial charge in [0.1, 0.15) is 5.76 Å². The fraction of sp³-hybridized carbons (Fsp3) is 0.0400. The number of hydrogen-bond acceptors (Lipinski definition) is 4. The first kappa shape index (κ1) is 18.4. The quantitative estimate of drug-likeness (QED) is 0.273. The molecule has 0 fully saturated rings. The summed E-state index contributed by atoms with van der Waals surface area (Å²) >= 11 is 0. The van der Waals surface area contributed by atoms with Gasteiger partial charge < -0.3 is 20.4 Å². The van der Waals surface area contributed by atoms with Crippen LogP contribution in [0.25, 0.3) is 11.1 Å². The third-order valence-electron chi connectivity index (χ3n) is 5.45. The second-order valence-corrected chi connectivity index (χ2v) is 7.05. The van der Waals surface area contributed by atoms with E-state index in [2.05, 4.69) is 13.2 Å². The molecular formula is C25H20O4. The molecule has 4 heteroatoms. The van der Waals surface area contributed by atoms with Gasteiger partial charge in [-0.15, -0.1) is 0 Å². The molecule has 4 rings (SSSR count). The summed E-state index contributed by atoms with van der Waals surface area (Å²) < 4.78 is 0. The summed E-state index contributed by atoms with van der Waals surface area (Å²) in [6, 6.07) is 20.4. The van der Waals surface area contributed by atoms with Gasteiger partial charge in [-0.3, -0.25) is 0 Å². The Bertz CT molecular complexity index is 1140. The lowest BCUT2D eigenvalue weighted by atomic mass is 9.67. The molecule has 0 heterocycles. The SMILES string of the molecule is C=C(O)/C(O)=C\C(=C)C1(c2ccc(O)c(O)c2)c2ccccc2-c2ccccc21. The first-order valence-electron chi connectivity index (χ1n) is 9.07. The fourth-order valence-electron chi connectivity index (χ4n) is 4.19. The third kappa shape index (κ3) is 2.61. The van der Waals surface area contributed by atoms with Crippen LogP contribution in [0, 0.1) is 0 Å². The molecule has 0 radical (unpaired) electrons. The predicted octanol–water partition coefficient (Wildman–Crippen LogP) is 5.48. The van der Waals surface area contributed by atoms with Crippen LogP contribution in [0.4, 0.5) is 0 Å². The lowest BCUT2D eigenvalue weighted by Crippen LogP contribution is -2.28. The number of rotatable bonds is 4. The van der Waals surface area contributed by atoms with Gasteiger partial charge in [-0.1, -0.05) is 67.8 Å². The van der Waals surface area contributed by atoms with Crippen molar-refractivity contribution in [3.63, 3.8) is 0 Å². The van der Waals surface area contributed by atoms with Crippen molar-refractivity contribution in [3.8, 4) is 22.6 Å². The van der Waals surface area contributed by atoms with Crippen molar-refractivity contribution in [2.75, 3.05) is 0 Å². The average Bonchev–Trinajstić information content (AvgIpc) is 3.01. The zero-order valence-corrected chi connectivity index (χ0v) is 15.6. The Balaban J connectivity index is 2.13. The van der Waals surface area contributed by atoms with Crippen LogP contribution in [0.3, 0.4) is 0 Å². The van der Waals surface area contributed by atoms with Crippen molar-refractivity contribution in [1.29, 1.82) is 0 Å². The van der Waals surface area contributed by atoms with E-state index in [-0.39, 0.29) is 17.3 Å². The fourth-order valence-corrected chi connectivity index (χ4v) is 4.19. The Hall–Kier alpha value is -3.92. The number of aliphatic hydroxyl groups excluding tert-OH is 2. The minimum absolute atomic E-state index is 0.226. The summed E-state index contributed by atoms with van der Waals surface area (Å²) in [4.78, 5) is 0. The van der Waals surface area contributed by atoms with E-state index in [1.807, 2.05) is 48.5 Å². The van der Waals surface area contributed by atoms with Gasteiger partial charge in [0.25, 0.3) is 0 Å². The van der Waals surface area contributed by atoms with Crippen LogP contribution in [0.15, 0.2) is 103 Å². The van der Waals surface area contributed by atoms with Crippen LogP contribution in [0.2, 0.25) is 0 Å². The molecule has 0 aliphatic heterocycles. The molecule has 4 nitrogen and oxygen atoms in total. The van der Waals surface area contributed by atoms with Crippen LogP contribution in [-0.4, -0.2) is 20.4 Å². The molecule has 0 spiro atoms. The van der Waals surface area contributed by atoms with Crippen LogP contribution >= 0.6 is 0 Å². The Morgan fingerprint density at radius 3 is 1.83 bits per heavy atom. The highest BCUT2D eigenvalue weighted by molar-refractivity contribution is 5.86. The average molecular weight is 384 g/mol. The third-order valence-corrected chi connectivity index (χ3v) is 5.45. The zero-order chi connectivity index (χ0) is 20.8. The van der Waals surface area contributed by atoms with E-state index in [0.717, 1.165) is 22.3 Å². The highest BCUT2D eigenvalue weighted by Crippen LogP contribution is 2.56. The van der Waals surface area contributed by atoms with E-state index in [1.54, 1.807) is 6.07 Å². The second kappa shape index (κ2) is 6.60. The Morgan fingerprint density at radius 2 is 1.31 bits per heavy atom. The standard InChI is InChI=1S/C25H20O4/c1-15(13-23(28)16(2)26)25(17-11-12-22(27)24(29)14-17)20-9-5-3-7-18(20)19-8-4-6-10-21(19)25/h3-14,26-29H,1-2H2/b23-13+. The molecule has 3 aromatic rings. The topological polar surface area (TPSA) is 80.9 Å². The molecule has 1 aliphatic rings. The first-order valence-corrected chi connectivity index (χ1v) is 9.07. The second-order valence-electron chi connectivity index (χ2n) is 7.05. The van der Waals surface area contributed by atoms with Crippen molar-refractivity contribution >= 4 is 0 Å². The summed E-state index contributed by atoms with van der Waals surface area (Å²) in [5, 5.41) is 39.9. The molecule has 0 unspecified atom stereocenters. The minimum atomic E-state index is -0.943. The maximum atomic E-state index is 10.2. The van der Waals surface area contributed by atoms with Crippen LogP contribution in [0.1, 0.15) is 16.7 Å². The Kier molecular flexibility index (Phi) is 4.20. The number of phenolic OH excluding ortho intramolecular Hbond substituents is 2. The van der Waals surface area contributed by atoms with E-state index < -0.39 is 11.2 Å². The summed E-state index contributed by atoms with van der Waals surface area (Å²) in [7, 11) is 0. The summed E-state index contributed by atoms with van der Waals surface area (Å²) in [5.74, 6) is -1.33. The maximum Gasteiger partial charge on any atom is 0.157 e. The molecule has 29 heavy (non-hydrogen) atoms. The van der Waals surface area contributed by atoms with Crippen molar-refractivity contribution in [3.05, 3.63) is 120 Å². The van der Waals surface area contributed by atoms with Crippen LogP contribution < -0.4 is 0 Å². The summed E-state index contributed by atoms with van der Waals surface area (Å²) in [6.07, 6.45) is 1.38. The van der Waals surface area contributed by atoms with Crippen molar-refractivity contribution in [1.82, 2.24) is 0 Å². The maximum absolute atomic E-state index is 10.2. The first-order chi connectivity index (χ1) is 13.9. The van der Waals surface area contributed by atoms with Gasteiger partial charge >= 0.3 is 0 Å². The van der Waals surface area contributed by atoms with Gasteiger partial charge in [0.05, 0.1) is 5.41 Å². The van der Waals surface area contributed by atoms with Crippen molar-refractivity contribution in [2.45, 2.75) is 5.41 Å². The lowest BCUT2D eigenvalue weighted by Gasteiger charge is -2.34. The number of aliphatic hydroxyl groups is 2. The predicted molar refractivity (Wildman–Crippen MR) is 113 cm³/mol. The number of aromatic hydroxyl groups is 2. The van der Waals surface area contributed by atoms with Gasteiger partial charge in [-0.25, -0.2) is 0 Å². The van der Waals surface area contributed by atoms with E-state index in [4.69, 9.17) is 0 Å². The molecule has 1 aliphatic carbocycles. The number of fused-ring (bicyclic) bond motifs is 3. The van der Waals surface area contributed by atoms with Crippen molar-refractivity contribution in [2.24, 2.45) is 0 Å². The van der Waals surface area contributed by atoms with Gasteiger partial charge in [0, 0.05) is 0 Å². The monoisotopic (exact) mass is 384 g/mol. The molecule has 144 valence electrons. The molecule has 3 aromatic carbocycles. The van der Waals surface area contributed by atoms with Gasteiger partial charge in [-0.2, -0.15) is 0 Å². The van der Waals surface area contributed by atoms with E-state index in [9.17, 15) is 20.4 Å². The number of phenols is 2. The molecule has 0 amide bonds. The Labute approximate surface area is 168 Å². The van der Waals surface area contributed by atoms with Gasteiger partial charge in [0.15, 0.2) is 17.3 Å². The van der Waals surface area contributed by atoms with E-state index in [1.165, 1.54) is 18.2 Å². The zero-order valence-electron chi connectivity index (χ0n) is 15.6. The minimum Gasteiger partial charge on any atom is -0.505 e. The normalized spacial score (nSPS) is 14.1. The molecule has 0 aromatic heterocycles. The number of benzene rings is 3. The smallest absolute Gasteiger partial charge is 0.157 e. The van der Waals surface area contributed by atoms with E-state index in [0.29, 0.717) is 11.1 Å². The molecular weight excluding hydrogens is 364 g/mol. The lowest BCUT2D eigenvalue weighted by molar-refractivity contribution is 0.328. The van der Waals surface area contributed by atoms with E-state index >= 15 is 0 Å². The van der Waals surface area contributed by atoms with Crippen molar-refractivity contribution < 1.29 is 20.4 Å². The highest BCUT2D eigenvalue weighted by atomic mass is 16.3. The largest absolute Gasteiger partial charge is 0.505 e. The van der Waals surface area contributed by atoms with Gasteiger partial charge in [0.2, 0.25) is 0 Å².